The van der Waals surface area contributed by atoms with Crippen molar-refractivity contribution in [2.75, 3.05) is 0 Å². The molecule has 0 spiro atoms. The average Bonchev–Trinajstić information content (AvgIpc) is 2.97. The molecule has 0 aliphatic carbocycles. The molecule has 110 valence electrons. The largest absolute Gasteiger partial charge is 0.328 e. The molecule has 1 aromatic carbocycles. The Morgan fingerprint density at radius 3 is 3.00 bits per heavy atom. The Hall–Kier alpha value is -0.720. The van der Waals surface area contributed by atoms with Crippen LogP contribution in [0.3, 0.4) is 0 Å². The molecule has 2 N–H and O–H groups in total. The lowest BCUT2D eigenvalue weighted by atomic mass is 10.2. The Morgan fingerprint density at radius 1 is 1.43 bits per heavy atom. The highest BCUT2D eigenvalue weighted by Gasteiger charge is 2.17. The van der Waals surface area contributed by atoms with Crippen LogP contribution in [0, 0.1) is 0 Å². The van der Waals surface area contributed by atoms with E-state index in [0.717, 1.165) is 27.0 Å². The van der Waals surface area contributed by atoms with Gasteiger partial charge in [0.05, 0.1) is 10.7 Å². The first kappa shape index (κ1) is 15.2. The molecule has 1 atom stereocenters. The molecular weight excluding hydrogens is 345 g/mol. The van der Waals surface area contributed by atoms with Gasteiger partial charge in [-0.3, -0.25) is 4.40 Å². The number of aromatic nitrogens is 2. The number of nitrogens with zero attached hydrogens (tertiary/aromatic N) is 2. The number of benzene rings is 1. The smallest absolute Gasteiger partial charge is 0.194 e. The SMILES string of the molecule is CC(N)Cc1c(Sc2cc(Cl)ccc2Cl)nc2sccn12. The third-order valence-electron chi connectivity index (χ3n) is 2.94. The van der Waals surface area contributed by atoms with Gasteiger partial charge in [0.15, 0.2) is 4.96 Å². The number of imidazole rings is 1. The van der Waals surface area contributed by atoms with E-state index in [0.29, 0.717) is 10.0 Å². The van der Waals surface area contributed by atoms with Crippen LogP contribution < -0.4 is 5.73 Å². The summed E-state index contributed by atoms with van der Waals surface area (Å²) in [4.78, 5) is 6.55. The molecule has 0 radical (unpaired) electrons. The molecule has 0 fully saturated rings. The second-order valence-electron chi connectivity index (χ2n) is 4.78. The van der Waals surface area contributed by atoms with Gasteiger partial charge in [-0.15, -0.1) is 11.3 Å². The van der Waals surface area contributed by atoms with E-state index in [1.54, 1.807) is 23.5 Å². The maximum absolute atomic E-state index is 6.24. The van der Waals surface area contributed by atoms with E-state index in [2.05, 4.69) is 9.38 Å². The summed E-state index contributed by atoms with van der Waals surface area (Å²) in [5.74, 6) is 0. The Morgan fingerprint density at radius 2 is 2.24 bits per heavy atom. The highest BCUT2D eigenvalue weighted by atomic mass is 35.5. The monoisotopic (exact) mass is 357 g/mol. The number of thiazole rings is 1. The lowest BCUT2D eigenvalue weighted by Crippen LogP contribution is -2.19. The molecule has 0 amide bonds. The summed E-state index contributed by atoms with van der Waals surface area (Å²) in [7, 11) is 0. The van der Waals surface area contributed by atoms with E-state index in [1.165, 1.54) is 11.8 Å². The van der Waals surface area contributed by atoms with Crippen LogP contribution in [-0.2, 0) is 6.42 Å². The minimum absolute atomic E-state index is 0.0685. The fourth-order valence-corrected chi connectivity index (χ4v) is 4.30. The lowest BCUT2D eigenvalue weighted by Gasteiger charge is -2.08. The second-order valence-corrected chi connectivity index (χ2v) is 7.52. The normalized spacial score (nSPS) is 13.0. The maximum atomic E-state index is 6.24. The molecular formula is C14H13Cl2N3S2. The van der Waals surface area contributed by atoms with E-state index < -0.39 is 0 Å². The van der Waals surface area contributed by atoms with Gasteiger partial charge in [0.2, 0.25) is 0 Å². The van der Waals surface area contributed by atoms with Crippen molar-refractivity contribution in [1.82, 2.24) is 9.38 Å². The summed E-state index contributed by atoms with van der Waals surface area (Å²) in [5.41, 5.74) is 7.08. The van der Waals surface area contributed by atoms with Gasteiger partial charge >= 0.3 is 0 Å². The number of hydrogen-bond acceptors (Lipinski definition) is 4. The molecule has 0 aliphatic heterocycles. The summed E-state index contributed by atoms with van der Waals surface area (Å²) in [6.45, 7) is 1.99. The topological polar surface area (TPSA) is 43.3 Å². The predicted octanol–water partition coefficient (Wildman–Crippen LogP) is 4.74. The molecule has 21 heavy (non-hydrogen) atoms. The second kappa shape index (κ2) is 6.18. The van der Waals surface area contributed by atoms with E-state index in [1.807, 2.05) is 24.6 Å². The molecule has 2 aromatic heterocycles. The summed E-state index contributed by atoms with van der Waals surface area (Å²) < 4.78 is 2.09. The van der Waals surface area contributed by atoms with Gasteiger partial charge in [-0.2, -0.15) is 0 Å². The van der Waals surface area contributed by atoms with Crippen LogP contribution in [0.5, 0.6) is 0 Å². The van der Waals surface area contributed by atoms with Crippen LogP contribution in [0.15, 0.2) is 39.7 Å². The van der Waals surface area contributed by atoms with Crippen LogP contribution in [0.1, 0.15) is 12.6 Å². The Labute approximate surface area is 141 Å². The van der Waals surface area contributed by atoms with Crippen LogP contribution in [-0.4, -0.2) is 15.4 Å². The minimum Gasteiger partial charge on any atom is -0.328 e. The van der Waals surface area contributed by atoms with Gasteiger partial charge in [-0.05, 0) is 25.1 Å². The van der Waals surface area contributed by atoms with E-state index in [4.69, 9.17) is 28.9 Å². The van der Waals surface area contributed by atoms with Crippen molar-refractivity contribution in [3.63, 3.8) is 0 Å². The number of nitrogens with two attached hydrogens (primary N) is 1. The van der Waals surface area contributed by atoms with Crippen molar-refractivity contribution >= 4 is 51.3 Å². The zero-order valence-corrected chi connectivity index (χ0v) is 14.4. The van der Waals surface area contributed by atoms with Crippen LogP contribution in [0.4, 0.5) is 0 Å². The fraction of sp³-hybridized carbons (Fsp3) is 0.214. The van der Waals surface area contributed by atoms with Gasteiger partial charge in [-0.1, -0.05) is 35.0 Å². The van der Waals surface area contributed by atoms with Gasteiger partial charge in [-0.25, -0.2) is 4.98 Å². The fourth-order valence-electron chi connectivity index (χ4n) is 2.04. The summed E-state index contributed by atoms with van der Waals surface area (Å²) >= 11 is 15.4. The van der Waals surface area contributed by atoms with Crippen LogP contribution in [0.25, 0.3) is 4.96 Å². The number of hydrogen-bond donors (Lipinski definition) is 1. The van der Waals surface area contributed by atoms with Gasteiger partial charge in [0, 0.05) is 34.0 Å². The first-order valence-corrected chi connectivity index (χ1v) is 8.82. The Bertz CT molecular complexity index is 780. The van der Waals surface area contributed by atoms with E-state index in [-0.39, 0.29) is 6.04 Å². The standard InChI is InChI=1S/C14H13Cl2N3S2/c1-8(17)6-11-13(18-14-19(11)4-5-20-14)21-12-7-9(15)2-3-10(12)16/h2-5,7-8H,6,17H2,1H3. The third kappa shape index (κ3) is 3.22. The van der Waals surface area contributed by atoms with E-state index in [9.17, 15) is 0 Å². The van der Waals surface area contributed by atoms with Crippen LogP contribution >= 0.6 is 46.3 Å². The summed E-state index contributed by atoms with van der Waals surface area (Å²) in [6, 6.07) is 5.51. The van der Waals surface area contributed by atoms with Crippen molar-refractivity contribution < 1.29 is 0 Å². The molecule has 3 rings (SSSR count). The number of halogens is 2. The van der Waals surface area contributed by atoms with Crippen molar-refractivity contribution in [2.45, 2.75) is 29.3 Å². The minimum atomic E-state index is 0.0685. The highest BCUT2D eigenvalue weighted by molar-refractivity contribution is 7.99. The third-order valence-corrected chi connectivity index (χ3v) is 5.45. The van der Waals surface area contributed by atoms with Crippen LogP contribution in [0.2, 0.25) is 10.0 Å². The Kier molecular flexibility index (Phi) is 4.47. The zero-order chi connectivity index (χ0) is 15.0. The molecule has 1 unspecified atom stereocenters. The van der Waals surface area contributed by atoms with Gasteiger partial charge in [0.1, 0.15) is 5.03 Å². The predicted molar refractivity (Wildman–Crippen MR) is 91.0 cm³/mol. The average molecular weight is 358 g/mol. The Balaban J connectivity index is 2.03. The number of fused-ring (bicyclic) bond motifs is 1. The molecule has 7 heteroatoms. The van der Waals surface area contributed by atoms with Gasteiger partial charge in [0.25, 0.3) is 0 Å². The first-order chi connectivity index (χ1) is 10.0. The van der Waals surface area contributed by atoms with Gasteiger partial charge < -0.3 is 5.73 Å². The quantitative estimate of drug-likeness (QED) is 0.732. The first-order valence-electron chi connectivity index (χ1n) is 6.37. The van der Waals surface area contributed by atoms with Crippen molar-refractivity contribution in [3.05, 3.63) is 45.5 Å². The molecule has 3 aromatic rings. The van der Waals surface area contributed by atoms with Crippen molar-refractivity contribution in [2.24, 2.45) is 5.73 Å². The highest BCUT2D eigenvalue weighted by Crippen LogP contribution is 2.37. The molecule has 0 saturated heterocycles. The molecule has 3 nitrogen and oxygen atoms in total. The molecule has 0 saturated carbocycles. The molecule has 0 aliphatic rings. The number of rotatable bonds is 4. The maximum Gasteiger partial charge on any atom is 0.194 e. The lowest BCUT2D eigenvalue weighted by molar-refractivity contribution is 0.706. The van der Waals surface area contributed by atoms with Crippen molar-refractivity contribution in [3.8, 4) is 0 Å². The van der Waals surface area contributed by atoms with Crippen molar-refractivity contribution in [1.29, 1.82) is 0 Å². The van der Waals surface area contributed by atoms with E-state index >= 15 is 0 Å². The zero-order valence-electron chi connectivity index (χ0n) is 11.2. The summed E-state index contributed by atoms with van der Waals surface area (Å²) in [6.07, 6.45) is 2.78. The molecule has 0 bridgehead atoms. The molecule has 2 heterocycles. The summed E-state index contributed by atoms with van der Waals surface area (Å²) in [5, 5.41) is 4.29.